The monoisotopic (exact) mass is 299 g/mol. The molecule has 0 amide bonds. The number of nitrogens with one attached hydrogen (secondary N) is 1. The highest BCUT2D eigenvalue weighted by Crippen LogP contribution is 2.26. The first-order valence-electron chi connectivity index (χ1n) is 8.83. The minimum absolute atomic E-state index is 0.254. The summed E-state index contributed by atoms with van der Waals surface area (Å²) in [5.74, 6) is 1.11. The summed E-state index contributed by atoms with van der Waals surface area (Å²) in [4.78, 5) is 0. The number of ether oxygens (including phenoxy) is 1. The van der Waals surface area contributed by atoms with E-state index in [-0.39, 0.29) is 6.61 Å². The summed E-state index contributed by atoms with van der Waals surface area (Å²) in [5.41, 5.74) is 0. The SMILES string of the molecule is CC1CCCC(OCC(O)CNC2CCCCC2CO)C1. The first-order valence-corrected chi connectivity index (χ1v) is 8.83. The van der Waals surface area contributed by atoms with E-state index < -0.39 is 6.10 Å². The Kier molecular flexibility index (Phi) is 7.44. The van der Waals surface area contributed by atoms with Crippen LogP contribution in [0.2, 0.25) is 0 Å². The molecule has 0 bridgehead atoms. The number of aliphatic hydroxyl groups is 2. The van der Waals surface area contributed by atoms with Crippen LogP contribution in [0.1, 0.15) is 58.3 Å². The van der Waals surface area contributed by atoms with E-state index in [1.165, 1.54) is 25.7 Å². The van der Waals surface area contributed by atoms with Crippen LogP contribution in [-0.2, 0) is 4.74 Å². The quantitative estimate of drug-likeness (QED) is 0.673. The van der Waals surface area contributed by atoms with Crippen molar-refractivity contribution in [3.05, 3.63) is 0 Å². The molecular formula is C17H33NO3. The van der Waals surface area contributed by atoms with Crippen molar-refractivity contribution in [2.45, 2.75) is 76.5 Å². The van der Waals surface area contributed by atoms with E-state index in [4.69, 9.17) is 4.74 Å². The average molecular weight is 299 g/mol. The number of aliphatic hydroxyl groups excluding tert-OH is 2. The van der Waals surface area contributed by atoms with Gasteiger partial charge in [-0.25, -0.2) is 0 Å². The molecular weight excluding hydrogens is 266 g/mol. The Morgan fingerprint density at radius 3 is 2.71 bits per heavy atom. The zero-order valence-corrected chi connectivity index (χ0v) is 13.5. The summed E-state index contributed by atoms with van der Waals surface area (Å²) in [5, 5.41) is 22.9. The predicted octanol–water partition coefficient (Wildman–Crippen LogP) is 2.08. The van der Waals surface area contributed by atoms with E-state index in [0.717, 1.165) is 31.6 Å². The lowest BCUT2D eigenvalue weighted by molar-refractivity contribution is -0.0321. The predicted molar refractivity (Wildman–Crippen MR) is 84.2 cm³/mol. The lowest BCUT2D eigenvalue weighted by atomic mass is 9.85. The molecule has 4 nitrogen and oxygen atoms in total. The maximum absolute atomic E-state index is 10.1. The summed E-state index contributed by atoms with van der Waals surface area (Å²) < 4.78 is 5.87. The molecule has 0 heterocycles. The summed E-state index contributed by atoms with van der Waals surface area (Å²) in [6.45, 7) is 3.54. The molecule has 4 heteroatoms. The maximum atomic E-state index is 10.1. The summed E-state index contributed by atoms with van der Waals surface area (Å²) in [7, 11) is 0. The van der Waals surface area contributed by atoms with Crippen LogP contribution >= 0.6 is 0 Å². The van der Waals surface area contributed by atoms with Crippen molar-refractivity contribution >= 4 is 0 Å². The van der Waals surface area contributed by atoms with Gasteiger partial charge in [0.1, 0.15) is 0 Å². The van der Waals surface area contributed by atoms with E-state index >= 15 is 0 Å². The Balaban J connectivity index is 1.61. The Hall–Kier alpha value is -0.160. The Bertz CT molecular complexity index is 287. The Morgan fingerprint density at radius 1 is 1.14 bits per heavy atom. The summed E-state index contributed by atoms with van der Waals surface area (Å²) >= 11 is 0. The molecule has 0 saturated heterocycles. The fraction of sp³-hybridized carbons (Fsp3) is 1.00. The first-order chi connectivity index (χ1) is 10.2. The lowest BCUT2D eigenvalue weighted by Gasteiger charge is -2.32. The van der Waals surface area contributed by atoms with Crippen LogP contribution in [0.3, 0.4) is 0 Å². The average Bonchev–Trinajstić information content (AvgIpc) is 2.51. The van der Waals surface area contributed by atoms with Crippen LogP contribution in [0.25, 0.3) is 0 Å². The number of hydrogen-bond acceptors (Lipinski definition) is 4. The van der Waals surface area contributed by atoms with Gasteiger partial charge in [0.2, 0.25) is 0 Å². The van der Waals surface area contributed by atoms with E-state index in [9.17, 15) is 10.2 Å². The van der Waals surface area contributed by atoms with E-state index in [1.807, 2.05) is 0 Å². The van der Waals surface area contributed by atoms with Gasteiger partial charge in [0.25, 0.3) is 0 Å². The fourth-order valence-electron chi connectivity index (χ4n) is 3.82. The van der Waals surface area contributed by atoms with Gasteiger partial charge in [0.15, 0.2) is 0 Å². The summed E-state index contributed by atoms with van der Waals surface area (Å²) in [6.07, 6.45) is 9.38. The minimum Gasteiger partial charge on any atom is -0.396 e. The van der Waals surface area contributed by atoms with Gasteiger partial charge in [0, 0.05) is 19.2 Å². The van der Waals surface area contributed by atoms with Crippen molar-refractivity contribution in [2.75, 3.05) is 19.8 Å². The lowest BCUT2D eigenvalue weighted by Crippen LogP contribution is -2.44. The van der Waals surface area contributed by atoms with Gasteiger partial charge in [-0.1, -0.05) is 32.6 Å². The Labute approximate surface area is 129 Å². The standard InChI is InChI=1S/C17H33NO3/c1-13-5-4-7-16(9-13)21-12-15(20)10-18-17-8-3-2-6-14(17)11-19/h13-20H,2-12H2,1H3. The van der Waals surface area contributed by atoms with Crippen LogP contribution in [0.5, 0.6) is 0 Å². The Morgan fingerprint density at radius 2 is 1.95 bits per heavy atom. The highest BCUT2D eigenvalue weighted by molar-refractivity contribution is 4.81. The highest BCUT2D eigenvalue weighted by atomic mass is 16.5. The second-order valence-corrected chi connectivity index (χ2v) is 7.12. The van der Waals surface area contributed by atoms with Crippen LogP contribution in [-0.4, -0.2) is 48.2 Å². The highest BCUT2D eigenvalue weighted by Gasteiger charge is 2.25. The molecule has 5 unspecified atom stereocenters. The molecule has 0 aliphatic heterocycles. The van der Waals surface area contributed by atoms with Crippen molar-refractivity contribution in [3.63, 3.8) is 0 Å². The molecule has 0 aromatic rings. The smallest absolute Gasteiger partial charge is 0.0897 e. The topological polar surface area (TPSA) is 61.7 Å². The molecule has 0 aromatic carbocycles. The van der Waals surface area contributed by atoms with Gasteiger partial charge in [-0.2, -0.15) is 0 Å². The zero-order valence-electron chi connectivity index (χ0n) is 13.5. The maximum Gasteiger partial charge on any atom is 0.0897 e. The number of hydrogen-bond donors (Lipinski definition) is 3. The van der Waals surface area contributed by atoms with Crippen LogP contribution in [0, 0.1) is 11.8 Å². The van der Waals surface area contributed by atoms with Crippen LogP contribution in [0.15, 0.2) is 0 Å². The molecule has 0 spiro atoms. The van der Waals surface area contributed by atoms with Crippen molar-refractivity contribution in [2.24, 2.45) is 11.8 Å². The van der Waals surface area contributed by atoms with E-state index in [2.05, 4.69) is 12.2 Å². The zero-order chi connectivity index (χ0) is 15.1. The van der Waals surface area contributed by atoms with Gasteiger partial charge >= 0.3 is 0 Å². The van der Waals surface area contributed by atoms with Crippen molar-refractivity contribution in [1.82, 2.24) is 5.32 Å². The van der Waals surface area contributed by atoms with E-state index in [1.54, 1.807) is 0 Å². The van der Waals surface area contributed by atoms with Gasteiger partial charge in [0.05, 0.1) is 18.8 Å². The molecule has 2 aliphatic carbocycles. The van der Waals surface area contributed by atoms with Crippen molar-refractivity contribution < 1.29 is 14.9 Å². The van der Waals surface area contributed by atoms with Gasteiger partial charge in [-0.05, 0) is 37.5 Å². The molecule has 3 N–H and O–H groups in total. The normalized spacial score (nSPS) is 35.6. The molecule has 0 radical (unpaired) electrons. The molecule has 5 atom stereocenters. The summed E-state index contributed by atoms with van der Waals surface area (Å²) in [6, 6.07) is 0.355. The first kappa shape index (κ1) is 17.2. The molecule has 21 heavy (non-hydrogen) atoms. The minimum atomic E-state index is -0.441. The number of rotatable bonds is 7. The van der Waals surface area contributed by atoms with Crippen LogP contribution < -0.4 is 5.32 Å². The fourth-order valence-corrected chi connectivity index (χ4v) is 3.82. The third kappa shape index (κ3) is 5.85. The molecule has 0 aromatic heterocycles. The largest absolute Gasteiger partial charge is 0.396 e. The third-order valence-electron chi connectivity index (χ3n) is 5.17. The van der Waals surface area contributed by atoms with Gasteiger partial charge in [-0.15, -0.1) is 0 Å². The van der Waals surface area contributed by atoms with Crippen LogP contribution in [0.4, 0.5) is 0 Å². The third-order valence-corrected chi connectivity index (χ3v) is 5.17. The van der Waals surface area contributed by atoms with Crippen molar-refractivity contribution in [3.8, 4) is 0 Å². The van der Waals surface area contributed by atoms with E-state index in [0.29, 0.717) is 31.2 Å². The molecule has 2 saturated carbocycles. The molecule has 2 rings (SSSR count). The second-order valence-electron chi connectivity index (χ2n) is 7.12. The second kappa shape index (κ2) is 9.09. The molecule has 2 fully saturated rings. The van der Waals surface area contributed by atoms with Gasteiger partial charge in [-0.3, -0.25) is 0 Å². The van der Waals surface area contributed by atoms with Crippen molar-refractivity contribution in [1.29, 1.82) is 0 Å². The van der Waals surface area contributed by atoms with Gasteiger partial charge < -0.3 is 20.3 Å². The molecule has 124 valence electrons. The molecule has 2 aliphatic rings.